The van der Waals surface area contributed by atoms with Crippen molar-refractivity contribution in [3.05, 3.63) is 64.9 Å². The van der Waals surface area contributed by atoms with E-state index in [1.165, 1.54) is 0 Å². The number of aromatic nitrogens is 1. The van der Waals surface area contributed by atoms with Crippen molar-refractivity contribution in [3.8, 4) is 0 Å². The Morgan fingerprint density at radius 3 is 2.65 bits per heavy atom. The van der Waals surface area contributed by atoms with Crippen LogP contribution in [-0.2, 0) is 11.2 Å². The van der Waals surface area contributed by atoms with E-state index in [1.807, 2.05) is 43.3 Å². The lowest BCUT2D eigenvalue weighted by Crippen LogP contribution is -2.12. The van der Waals surface area contributed by atoms with E-state index in [9.17, 15) is 4.79 Å². The van der Waals surface area contributed by atoms with Gasteiger partial charge in [0.1, 0.15) is 5.78 Å². The highest BCUT2D eigenvalue weighted by atomic mass is 35.5. The number of benzene rings is 1. The van der Waals surface area contributed by atoms with Gasteiger partial charge in [0.25, 0.3) is 0 Å². The summed E-state index contributed by atoms with van der Waals surface area (Å²) in [6.45, 7) is 2.04. The van der Waals surface area contributed by atoms with Gasteiger partial charge < -0.3 is 0 Å². The molecular weight excluding hydrogens is 270 g/mol. The van der Waals surface area contributed by atoms with Gasteiger partial charge in [0, 0.05) is 29.8 Å². The highest BCUT2D eigenvalue weighted by Gasteiger charge is 2.18. The third-order valence-electron chi connectivity index (χ3n) is 3.46. The summed E-state index contributed by atoms with van der Waals surface area (Å²) in [5.74, 6) is 0.210. The number of aryl methyl sites for hydroxylation is 1. The average molecular weight is 288 g/mol. The van der Waals surface area contributed by atoms with Crippen LogP contribution in [0.3, 0.4) is 0 Å². The second-order valence-corrected chi connectivity index (χ2v) is 5.27. The Bertz CT molecular complexity index is 568. The van der Waals surface area contributed by atoms with Crippen molar-refractivity contribution in [1.82, 2.24) is 4.98 Å². The van der Waals surface area contributed by atoms with Gasteiger partial charge in [-0.15, -0.1) is 0 Å². The van der Waals surface area contributed by atoms with Crippen LogP contribution in [0.25, 0.3) is 0 Å². The van der Waals surface area contributed by atoms with Gasteiger partial charge in [-0.3, -0.25) is 9.78 Å². The molecule has 2 rings (SSSR count). The van der Waals surface area contributed by atoms with Crippen LogP contribution in [0, 0.1) is 0 Å². The number of Topliss-reactive ketones (excluding diaryl/α,β-unsaturated/α-hetero) is 1. The number of hydrogen-bond acceptors (Lipinski definition) is 2. The van der Waals surface area contributed by atoms with Crippen molar-refractivity contribution in [2.45, 2.75) is 32.1 Å². The molecule has 1 heterocycles. The minimum Gasteiger partial charge on any atom is -0.299 e. The average Bonchev–Trinajstić information content (AvgIpc) is 2.47. The fourth-order valence-electron chi connectivity index (χ4n) is 2.36. The van der Waals surface area contributed by atoms with E-state index in [2.05, 4.69) is 4.98 Å². The Labute approximate surface area is 124 Å². The van der Waals surface area contributed by atoms with Crippen LogP contribution in [0.5, 0.6) is 0 Å². The van der Waals surface area contributed by atoms with Crippen molar-refractivity contribution in [3.63, 3.8) is 0 Å². The molecule has 3 heteroatoms. The molecule has 1 aromatic carbocycles. The van der Waals surface area contributed by atoms with Gasteiger partial charge in [0.15, 0.2) is 0 Å². The van der Waals surface area contributed by atoms with Gasteiger partial charge >= 0.3 is 0 Å². The summed E-state index contributed by atoms with van der Waals surface area (Å²) in [7, 11) is 0. The first-order valence-corrected chi connectivity index (χ1v) is 7.25. The molecule has 1 unspecified atom stereocenters. The standard InChI is InChI=1S/C17H18ClNO/c1-2-16(14-4-3-5-15(18)12-14)17(20)7-6-13-8-10-19-11-9-13/h3-5,8-12,16H,2,6-7H2,1H3. The molecule has 0 amide bonds. The normalized spacial score (nSPS) is 12.1. The third kappa shape index (κ3) is 3.91. The minimum atomic E-state index is -0.0597. The second kappa shape index (κ2) is 7.20. The Balaban J connectivity index is 2.02. The number of carbonyl (C=O) groups excluding carboxylic acids is 1. The van der Waals surface area contributed by atoms with Crippen molar-refractivity contribution >= 4 is 17.4 Å². The maximum Gasteiger partial charge on any atom is 0.140 e. The van der Waals surface area contributed by atoms with Gasteiger partial charge in [-0.1, -0.05) is 30.7 Å². The molecule has 0 aliphatic heterocycles. The molecule has 0 saturated carbocycles. The third-order valence-corrected chi connectivity index (χ3v) is 3.69. The van der Waals surface area contributed by atoms with Crippen LogP contribution in [0.1, 0.15) is 36.8 Å². The van der Waals surface area contributed by atoms with E-state index in [0.29, 0.717) is 11.4 Å². The summed E-state index contributed by atoms with van der Waals surface area (Å²) in [6.07, 6.45) is 5.63. The fraction of sp³-hybridized carbons (Fsp3) is 0.294. The van der Waals surface area contributed by atoms with Crippen molar-refractivity contribution in [2.75, 3.05) is 0 Å². The summed E-state index contributed by atoms with van der Waals surface area (Å²) in [4.78, 5) is 16.4. The minimum absolute atomic E-state index is 0.0597. The van der Waals surface area contributed by atoms with Crippen LogP contribution in [0.15, 0.2) is 48.8 Å². The highest BCUT2D eigenvalue weighted by molar-refractivity contribution is 6.30. The summed E-state index contributed by atoms with van der Waals surface area (Å²) < 4.78 is 0. The molecule has 0 aliphatic carbocycles. The molecule has 2 aromatic rings. The molecule has 0 spiro atoms. The van der Waals surface area contributed by atoms with E-state index in [4.69, 9.17) is 11.6 Å². The Hall–Kier alpha value is -1.67. The number of carbonyl (C=O) groups is 1. The van der Waals surface area contributed by atoms with Crippen molar-refractivity contribution in [1.29, 1.82) is 0 Å². The first-order chi connectivity index (χ1) is 9.70. The molecule has 0 saturated heterocycles. The van der Waals surface area contributed by atoms with Crippen molar-refractivity contribution < 1.29 is 4.79 Å². The zero-order chi connectivity index (χ0) is 14.4. The maximum absolute atomic E-state index is 12.4. The Kier molecular flexibility index (Phi) is 5.31. The molecule has 1 aromatic heterocycles. The first-order valence-electron chi connectivity index (χ1n) is 6.87. The van der Waals surface area contributed by atoms with Crippen LogP contribution in [-0.4, -0.2) is 10.8 Å². The lowest BCUT2D eigenvalue weighted by Gasteiger charge is -2.14. The monoisotopic (exact) mass is 287 g/mol. The number of halogens is 1. The molecule has 0 bridgehead atoms. The summed E-state index contributed by atoms with van der Waals surface area (Å²) in [5, 5.41) is 0.683. The molecule has 0 fully saturated rings. The molecule has 2 nitrogen and oxygen atoms in total. The molecule has 104 valence electrons. The second-order valence-electron chi connectivity index (χ2n) is 4.84. The predicted octanol–water partition coefficient (Wildman–Crippen LogP) is 4.43. The number of ketones is 1. The Morgan fingerprint density at radius 2 is 2.00 bits per heavy atom. The summed E-state index contributed by atoms with van der Waals surface area (Å²) >= 11 is 6.01. The number of hydrogen-bond donors (Lipinski definition) is 0. The van der Waals surface area contributed by atoms with Gasteiger partial charge in [-0.25, -0.2) is 0 Å². The topological polar surface area (TPSA) is 30.0 Å². The summed E-state index contributed by atoms with van der Waals surface area (Å²) in [6, 6.07) is 11.5. The zero-order valence-electron chi connectivity index (χ0n) is 11.6. The largest absolute Gasteiger partial charge is 0.299 e. The van der Waals surface area contributed by atoms with Crippen molar-refractivity contribution in [2.24, 2.45) is 0 Å². The molecule has 20 heavy (non-hydrogen) atoms. The smallest absolute Gasteiger partial charge is 0.140 e. The van der Waals surface area contributed by atoms with E-state index in [0.717, 1.165) is 24.0 Å². The van der Waals surface area contributed by atoms with E-state index in [1.54, 1.807) is 12.4 Å². The molecule has 1 atom stereocenters. The van der Waals surface area contributed by atoms with Crippen LogP contribution in [0.4, 0.5) is 0 Å². The zero-order valence-corrected chi connectivity index (χ0v) is 12.3. The SMILES string of the molecule is CCC(C(=O)CCc1ccncc1)c1cccc(Cl)c1. The van der Waals surface area contributed by atoms with Gasteiger partial charge in [0.05, 0.1) is 0 Å². The number of pyridine rings is 1. The van der Waals surface area contributed by atoms with Crippen LogP contribution >= 0.6 is 11.6 Å². The maximum atomic E-state index is 12.4. The van der Waals surface area contributed by atoms with Gasteiger partial charge in [0.2, 0.25) is 0 Å². The van der Waals surface area contributed by atoms with Gasteiger partial charge in [-0.2, -0.15) is 0 Å². The molecule has 0 radical (unpaired) electrons. The van der Waals surface area contributed by atoms with E-state index < -0.39 is 0 Å². The first kappa shape index (κ1) is 14.7. The lowest BCUT2D eigenvalue weighted by molar-refractivity contribution is -0.120. The fourth-order valence-corrected chi connectivity index (χ4v) is 2.56. The number of nitrogens with zero attached hydrogens (tertiary/aromatic N) is 1. The molecule has 0 N–H and O–H groups in total. The Morgan fingerprint density at radius 1 is 1.25 bits per heavy atom. The quantitative estimate of drug-likeness (QED) is 0.786. The van der Waals surface area contributed by atoms with E-state index in [-0.39, 0.29) is 11.7 Å². The van der Waals surface area contributed by atoms with Gasteiger partial charge in [-0.05, 0) is 48.2 Å². The van der Waals surface area contributed by atoms with Crippen LogP contribution < -0.4 is 0 Å². The highest BCUT2D eigenvalue weighted by Crippen LogP contribution is 2.25. The van der Waals surface area contributed by atoms with Crippen LogP contribution in [0.2, 0.25) is 5.02 Å². The summed E-state index contributed by atoms with van der Waals surface area (Å²) in [5.41, 5.74) is 2.16. The van der Waals surface area contributed by atoms with E-state index >= 15 is 0 Å². The molecular formula is C17H18ClNO. The number of rotatable bonds is 6. The predicted molar refractivity (Wildman–Crippen MR) is 82.0 cm³/mol. The lowest BCUT2D eigenvalue weighted by atomic mass is 9.89. The molecule has 0 aliphatic rings.